The number of carbonyl (C=O) groups is 1. The van der Waals surface area contributed by atoms with E-state index in [0.717, 1.165) is 67.6 Å². The van der Waals surface area contributed by atoms with Gasteiger partial charge in [0, 0.05) is 24.8 Å². The number of para-hydroxylation sites is 1. The summed E-state index contributed by atoms with van der Waals surface area (Å²) in [5.41, 5.74) is 8.62. The number of nitrogens with two attached hydrogens (primary N) is 1. The molecule has 0 aliphatic rings. The summed E-state index contributed by atoms with van der Waals surface area (Å²) in [5, 5.41) is 3.98. The number of hydrogen-bond donors (Lipinski definition) is 2. The minimum Gasteiger partial charge on any atom is -0.410 e. The van der Waals surface area contributed by atoms with Crippen molar-refractivity contribution >= 4 is 33.7 Å². The number of amides is 1. The largest absolute Gasteiger partial charge is 0.410 e. The maximum atomic E-state index is 12.5. The molecule has 3 N–H and O–H groups in total. The van der Waals surface area contributed by atoms with E-state index in [4.69, 9.17) is 20.3 Å². The Morgan fingerprint density at radius 2 is 1.45 bits per heavy atom. The Balaban J connectivity index is 1.30. The number of anilines is 1. The molecule has 9 heteroatoms. The van der Waals surface area contributed by atoms with Crippen LogP contribution in [0.4, 0.5) is 5.82 Å². The van der Waals surface area contributed by atoms with Crippen LogP contribution in [-0.4, -0.2) is 71.5 Å². The van der Waals surface area contributed by atoms with Crippen molar-refractivity contribution in [3.8, 4) is 0 Å². The number of rotatable bonds is 28. The van der Waals surface area contributed by atoms with Crippen molar-refractivity contribution in [3.05, 3.63) is 30.1 Å². The molecule has 1 amide bonds. The molecular formula is C38H64N6O3. The number of nitrogens with one attached hydrogen (secondary N) is 1. The van der Waals surface area contributed by atoms with Crippen LogP contribution >= 0.6 is 0 Å². The third-order valence-corrected chi connectivity index (χ3v) is 8.85. The lowest BCUT2D eigenvalue weighted by Crippen LogP contribution is -2.30. The average molecular weight is 653 g/mol. The lowest BCUT2D eigenvalue weighted by molar-refractivity contribution is -0.121. The summed E-state index contributed by atoms with van der Waals surface area (Å²) in [4.78, 5) is 30.6. The van der Waals surface area contributed by atoms with Crippen LogP contribution in [-0.2, 0) is 16.0 Å². The Bertz CT molecular complexity index is 1280. The summed E-state index contributed by atoms with van der Waals surface area (Å²) in [7, 11) is 0. The van der Waals surface area contributed by atoms with Crippen molar-refractivity contribution in [2.45, 2.75) is 130 Å². The van der Waals surface area contributed by atoms with Crippen LogP contribution in [0.25, 0.3) is 21.9 Å². The lowest BCUT2D eigenvalue weighted by Gasteiger charge is -2.22. The Kier molecular flexibility index (Phi) is 19.2. The van der Waals surface area contributed by atoms with Crippen LogP contribution in [0.2, 0.25) is 0 Å². The number of nitrogens with zero attached hydrogens (tertiary/aromatic N) is 4. The number of aromatic nitrogens is 3. The smallest absolute Gasteiger partial charge is 0.220 e. The van der Waals surface area contributed by atoms with E-state index in [-0.39, 0.29) is 5.91 Å². The number of unbranched alkanes of at least 4 members (excludes halogenated alkanes) is 11. The van der Waals surface area contributed by atoms with Gasteiger partial charge in [-0.25, -0.2) is 9.97 Å². The molecule has 264 valence electrons. The SMILES string of the molecule is CCCCCCCCCCCCN(CCCC)CCCC(=O)NCCOCCOn1c(CCCC)nc2c(N)nc3ccccc3c21. The molecule has 3 aromatic rings. The van der Waals surface area contributed by atoms with Gasteiger partial charge in [-0.1, -0.05) is 110 Å². The first-order valence-corrected chi connectivity index (χ1v) is 18.8. The second kappa shape index (κ2) is 23.4. The number of carbonyl (C=O) groups excluding carboxylic acids is 1. The zero-order valence-electron chi connectivity index (χ0n) is 29.9. The zero-order valence-corrected chi connectivity index (χ0v) is 29.9. The number of aryl methyl sites for hydroxylation is 1. The maximum absolute atomic E-state index is 12.5. The summed E-state index contributed by atoms with van der Waals surface area (Å²) in [6.07, 6.45) is 20.4. The van der Waals surface area contributed by atoms with E-state index in [9.17, 15) is 4.79 Å². The van der Waals surface area contributed by atoms with Crippen molar-refractivity contribution in [2.75, 3.05) is 51.7 Å². The molecule has 2 heterocycles. The fourth-order valence-electron chi connectivity index (χ4n) is 6.10. The normalized spacial score (nSPS) is 11.7. The molecule has 47 heavy (non-hydrogen) atoms. The molecule has 0 fully saturated rings. The van der Waals surface area contributed by atoms with Gasteiger partial charge in [0.05, 0.1) is 18.7 Å². The number of hydrogen-bond acceptors (Lipinski definition) is 7. The van der Waals surface area contributed by atoms with Crippen molar-refractivity contribution in [2.24, 2.45) is 0 Å². The Morgan fingerprint density at radius 1 is 0.787 bits per heavy atom. The highest BCUT2D eigenvalue weighted by molar-refractivity contribution is 6.06. The number of fused-ring (bicyclic) bond motifs is 3. The molecule has 1 aromatic carbocycles. The fourth-order valence-corrected chi connectivity index (χ4v) is 6.10. The van der Waals surface area contributed by atoms with Gasteiger partial charge in [-0.2, -0.15) is 4.73 Å². The van der Waals surface area contributed by atoms with Gasteiger partial charge >= 0.3 is 0 Å². The number of pyridine rings is 1. The molecule has 0 radical (unpaired) electrons. The topological polar surface area (TPSA) is 108 Å². The van der Waals surface area contributed by atoms with Crippen LogP contribution in [0.3, 0.4) is 0 Å². The van der Waals surface area contributed by atoms with E-state index in [2.05, 4.69) is 36.0 Å². The summed E-state index contributed by atoms with van der Waals surface area (Å²) >= 11 is 0. The molecule has 3 rings (SSSR count). The Morgan fingerprint density at radius 3 is 2.19 bits per heavy atom. The highest BCUT2D eigenvalue weighted by atomic mass is 16.7. The Hall–Kier alpha value is -2.91. The van der Waals surface area contributed by atoms with Crippen LogP contribution in [0.1, 0.15) is 129 Å². The highest BCUT2D eigenvalue weighted by Gasteiger charge is 2.18. The van der Waals surface area contributed by atoms with E-state index >= 15 is 0 Å². The molecule has 9 nitrogen and oxygen atoms in total. The van der Waals surface area contributed by atoms with Crippen LogP contribution in [0, 0.1) is 0 Å². The van der Waals surface area contributed by atoms with E-state index < -0.39 is 0 Å². The lowest BCUT2D eigenvalue weighted by atomic mass is 10.1. The first-order chi connectivity index (χ1) is 23.1. The zero-order chi connectivity index (χ0) is 33.5. The number of benzene rings is 1. The monoisotopic (exact) mass is 653 g/mol. The minimum atomic E-state index is 0.0998. The molecule has 0 aliphatic heterocycles. The molecule has 0 atom stereocenters. The van der Waals surface area contributed by atoms with Crippen molar-refractivity contribution in [1.82, 2.24) is 24.9 Å². The van der Waals surface area contributed by atoms with Crippen LogP contribution in [0.5, 0.6) is 0 Å². The van der Waals surface area contributed by atoms with Gasteiger partial charge in [-0.3, -0.25) is 4.79 Å². The second-order valence-electron chi connectivity index (χ2n) is 12.9. The molecule has 2 aromatic heterocycles. The van der Waals surface area contributed by atoms with Crippen LogP contribution in [0.15, 0.2) is 24.3 Å². The summed E-state index contributed by atoms with van der Waals surface area (Å²) in [5.74, 6) is 1.35. The van der Waals surface area contributed by atoms with Gasteiger partial charge in [-0.05, 0) is 51.4 Å². The van der Waals surface area contributed by atoms with Crippen molar-refractivity contribution in [1.29, 1.82) is 0 Å². The fraction of sp³-hybridized carbons (Fsp3) is 0.711. The highest BCUT2D eigenvalue weighted by Crippen LogP contribution is 2.28. The molecule has 0 unspecified atom stereocenters. The standard InChI is InChI=1S/C38H64N6O3/c1-4-7-10-11-12-13-14-15-16-19-27-43(26-9-6-3)28-20-24-35(45)40-25-29-46-30-31-47-44-34(23-8-5-2)42-36-37(44)32-21-17-18-22-33(32)41-38(36)39/h17-18,21-22H,4-16,19-20,23-31H2,1-3H3,(H2,39,41)(H,40,45). The Labute approximate surface area is 284 Å². The summed E-state index contributed by atoms with van der Waals surface area (Å²) < 4.78 is 7.61. The quantitative estimate of drug-likeness (QED) is 0.0769. The predicted octanol–water partition coefficient (Wildman–Crippen LogP) is 7.87. The number of nitrogen functional groups attached to an aromatic ring is 1. The first-order valence-electron chi connectivity index (χ1n) is 18.8. The van der Waals surface area contributed by atoms with Gasteiger partial charge in [0.15, 0.2) is 5.82 Å². The molecule has 0 bridgehead atoms. The van der Waals surface area contributed by atoms with Gasteiger partial charge in [0.25, 0.3) is 0 Å². The van der Waals surface area contributed by atoms with Gasteiger partial charge < -0.3 is 25.5 Å². The maximum Gasteiger partial charge on any atom is 0.220 e. The van der Waals surface area contributed by atoms with Gasteiger partial charge in [0.2, 0.25) is 5.91 Å². The molecular weight excluding hydrogens is 588 g/mol. The van der Waals surface area contributed by atoms with Crippen molar-refractivity contribution < 1.29 is 14.4 Å². The van der Waals surface area contributed by atoms with Gasteiger partial charge in [-0.15, -0.1) is 0 Å². The summed E-state index contributed by atoms with van der Waals surface area (Å²) in [6.45, 7) is 11.7. The van der Waals surface area contributed by atoms with E-state index in [1.165, 1.54) is 77.0 Å². The average Bonchev–Trinajstić information content (AvgIpc) is 3.45. The van der Waals surface area contributed by atoms with Crippen molar-refractivity contribution in [3.63, 3.8) is 0 Å². The molecule has 0 saturated heterocycles. The molecule has 0 saturated carbocycles. The third-order valence-electron chi connectivity index (χ3n) is 8.85. The molecule has 0 aliphatic carbocycles. The number of ether oxygens (including phenoxy) is 1. The second-order valence-corrected chi connectivity index (χ2v) is 12.9. The van der Waals surface area contributed by atoms with E-state index in [1.54, 1.807) is 0 Å². The van der Waals surface area contributed by atoms with E-state index in [1.807, 2.05) is 29.0 Å². The first kappa shape index (κ1) is 38.5. The van der Waals surface area contributed by atoms with Gasteiger partial charge in [0.1, 0.15) is 23.5 Å². The minimum absolute atomic E-state index is 0.0998. The van der Waals surface area contributed by atoms with E-state index in [0.29, 0.717) is 44.1 Å². The molecule has 0 spiro atoms. The van der Waals surface area contributed by atoms with Crippen LogP contribution < -0.4 is 15.9 Å². The number of imidazole rings is 1. The third kappa shape index (κ3) is 14.0. The predicted molar refractivity (Wildman–Crippen MR) is 196 cm³/mol. The summed E-state index contributed by atoms with van der Waals surface area (Å²) in [6, 6.07) is 7.92.